The van der Waals surface area contributed by atoms with E-state index in [0.717, 1.165) is 25.9 Å². The van der Waals surface area contributed by atoms with Gasteiger partial charge < -0.3 is 5.32 Å². The average Bonchev–Trinajstić information content (AvgIpc) is 2.40. The van der Waals surface area contributed by atoms with Gasteiger partial charge in [-0.05, 0) is 56.1 Å². The lowest BCUT2D eigenvalue weighted by Crippen LogP contribution is -2.39. The van der Waals surface area contributed by atoms with E-state index in [0.29, 0.717) is 12.5 Å². The first-order valence-corrected chi connectivity index (χ1v) is 7.87. The second-order valence-electron chi connectivity index (χ2n) is 4.95. The highest BCUT2D eigenvalue weighted by Gasteiger charge is 2.24. The summed E-state index contributed by atoms with van der Waals surface area (Å²) < 4.78 is 38.8. The van der Waals surface area contributed by atoms with Crippen molar-refractivity contribution in [2.45, 2.75) is 17.7 Å². The summed E-state index contributed by atoms with van der Waals surface area (Å²) in [6, 6.07) is 4.95. The summed E-state index contributed by atoms with van der Waals surface area (Å²) in [5.74, 6) is -0.0907. The SMILES string of the molecule is CN(CC1CCCNC1)S(=O)(=O)c1ccc(F)cc1. The fourth-order valence-electron chi connectivity index (χ4n) is 2.33. The number of nitrogens with zero attached hydrogens (tertiary/aromatic N) is 1. The van der Waals surface area contributed by atoms with E-state index in [9.17, 15) is 12.8 Å². The second kappa shape index (κ2) is 5.98. The third kappa shape index (κ3) is 3.52. The maximum atomic E-state index is 12.8. The minimum absolute atomic E-state index is 0.139. The number of hydrogen-bond donors (Lipinski definition) is 1. The fourth-order valence-corrected chi connectivity index (χ4v) is 3.58. The Bertz CT molecular complexity index is 510. The maximum Gasteiger partial charge on any atom is 0.242 e. The number of hydrogen-bond acceptors (Lipinski definition) is 3. The van der Waals surface area contributed by atoms with Gasteiger partial charge in [0.1, 0.15) is 5.82 Å². The number of piperidine rings is 1. The molecule has 2 rings (SSSR count). The largest absolute Gasteiger partial charge is 0.316 e. The van der Waals surface area contributed by atoms with Crippen LogP contribution in [0.4, 0.5) is 4.39 Å². The molecule has 1 aliphatic heterocycles. The Morgan fingerprint density at radius 3 is 2.63 bits per heavy atom. The van der Waals surface area contributed by atoms with Gasteiger partial charge in [-0.3, -0.25) is 0 Å². The van der Waals surface area contributed by atoms with Crippen molar-refractivity contribution in [1.29, 1.82) is 0 Å². The van der Waals surface area contributed by atoms with Gasteiger partial charge in [-0.15, -0.1) is 0 Å². The van der Waals surface area contributed by atoms with Crippen LogP contribution in [-0.2, 0) is 10.0 Å². The quantitative estimate of drug-likeness (QED) is 0.911. The minimum Gasteiger partial charge on any atom is -0.316 e. The first kappa shape index (κ1) is 14.4. The van der Waals surface area contributed by atoms with Gasteiger partial charge in [0.05, 0.1) is 4.90 Å². The van der Waals surface area contributed by atoms with Crippen LogP contribution in [0.25, 0.3) is 0 Å². The van der Waals surface area contributed by atoms with E-state index >= 15 is 0 Å². The molecule has 1 atom stereocenters. The molecule has 0 aromatic heterocycles. The lowest BCUT2D eigenvalue weighted by atomic mass is 10.00. The van der Waals surface area contributed by atoms with Gasteiger partial charge in [-0.25, -0.2) is 17.1 Å². The molecule has 0 aliphatic carbocycles. The van der Waals surface area contributed by atoms with E-state index in [1.54, 1.807) is 7.05 Å². The molecule has 1 fully saturated rings. The zero-order valence-corrected chi connectivity index (χ0v) is 11.8. The molecule has 6 heteroatoms. The average molecular weight is 286 g/mol. The number of halogens is 1. The molecule has 1 aromatic rings. The van der Waals surface area contributed by atoms with Crippen LogP contribution in [0.2, 0.25) is 0 Å². The van der Waals surface area contributed by atoms with Crippen LogP contribution < -0.4 is 5.32 Å². The Morgan fingerprint density at radius 2 is 2.05 bits per heavy atom. The van der Waals surface area contributed by atoms with Gasteiger partial charge in [-0.2, -0.15) is 0 Å². The summed E-state index contributed by atoms with van der Waals surface area (Å²) in [5, 5.41) is 3.27. The molecule has 1 aromatic carbocycles. The second-order valence-corrected chi connectivity index (χ2v) is 7.00. The Kier molecular flexibility index (Phi) is 4.54. The fraction of sp³-hybridized carbons (Fsp3) is 0.538. The predicted octanol–water partition coefficient (Wildman–Crippen LogP) is 1.45. The molecule has 0 spiro atoms. The van der Waals surface area contributed by atoms with Crippen molar-refractivity contribution in [3.05, 3.63) is 30.1 Å². The Balaban J connectivity index is 2.07. The molecule has 19 heavy (non-hydrogen) atoms. The van der Waals surface area contributed by atoms with Crippen LogP contribution in [0.15, 0.2) is 29.2 Å². The van der Waals surface area contributed by atoms with E-state index in [2.05, 4.69) is 5.32 Å². The van der Waals surface area contributed by atoms with E-state index in [4.69, 9.17) is 0 Å². The maximum absolute atomic E-state index is 12.8. The van der Waals surface area contributed by atoms with Crippen LogP contribution in [-0.4, -0.2) is 39.4 Å². The Morgan fingerprint density at radius 1 is 1.37 bits per heavy atom. The van der Waals surface area contributed by atoms with Gasteiger partial charge in [-0.1, -0.05) is 0 Å². The zero-order valence-electron chi connectivity index (χ0n) is 11.0. The van der Waals surface area contributed by atoms with Crippen LogP contribution in [0, 0.1) is 11.7 Å². The molecule has 1 unspecified atom stereocenters. The third-order valence-corrected chi connectivity index (χ3v) is 5.27. The first-order valence-electron chi connectivity index (χ1n) is 6.43. The Hall–Kier alpha value is -0.980. The highest BCUT2D eigenvalue weighted by atomic mass is 32.2. The molecular weight excluding hydrogens is 267 g/mol. The lowest BCUT2D eigenvalue weighted by molar-refractivity contribution is 0.315. The monoisotopic (exact) mass is 286 g/mol. The summed E-state index contributed by atoms with van der Waals surface area (Å²) in [7, 11) is -1.94. The van der Waals surface area contributed by atoms with Crippen LogP contribution in [0.5, 0.6) is 0 Å². The number of rotatable bonds is 4. The van der Waals surface area contributed by atoms with E-state index in [1.807, 2.05) is 0 Å². The Labute approximate surface area is 113 Å². The molecule has 0 radical (unpaired) electrons. The van der Waals surface area contributed by atoms with Gasteiger partial charge in [0, 0.05) is 13.6 Å². The van der Waals surface area contributed by atoms with Crippen LogP contribution >= 0.6 is 0 Å². The molecule has 0 bridgehead atoms. The minimum atomic E-state index is -3.52. The summed E-state index contributed by atoms with van der Waals surface area (Å²) in [6.07, 6.45) is 2.12. The highest BCUT2D eigenvalue weighted by Crippen LogP contribution is 2.18. The van der Waals surface area contributed by atoms with Gasteiger partial charge >= 0.3 is 0 Å². The third-order valence-electron chi connectivity index (χ3n) is 3.44. The highest BCUT2D eigenvalue weighted by molar-refractivity contribution is 7.89. The standard InChI is InChI=1S/C13H19FN2O2S/c1-16(10-11-3-2-8-15-9-11)19(17,18)13-6-4-12(14)5-7-13/h4-7,11,15H,2-3,8-10H2,1H3. The molecular formula is C13H19FN2O2S. The van der Waals surface area contributed by atoms with Crippen molar-refractivity contribution in [3.8, 4) is 0 Å². The number of sulfonamides is 1. The molecule has 1 saturated heterocycles. The van der Waals surface area contributed by atoms with Crippen LogP contribution in [0.1, 0.15) is 12.8 Å². The number of nitrogens with one attached hydrogen (secondary N) is 1. The summed E-state index contributed by atoms with van der Waals surface area (Å²) in [5.41, 5.74) is 0. The molecule has 1 heterocycles. The van der Waals surface area contributed by atoms with Crippen molar-refractivity contribution >= 4 is 10.0 Å². The normalized spacial score (nSPS) is 20.7. The molecule has 4 nitrogen and oxygen atoms in total. The van der Waals surface area contributed by atoms with E-state index < -0.39 is 15.8 Å². The predicted molar refractivity (Wildman–Crippen MR) is 71.8 cm³/mol. The van der Waals surface area contributed by atoms with Crippen molar-refractivity contribution in [2.24, 2.45) is 5.92 Å². The smallest absolute Gasteiger partial charge is 0.242 e. The zero-order chi connectivity index (χ0) is 13.9. The van der Waals surface area contributed by atoms with Gasteiger partial charge in [0.15, 0.2) is 0 Å². The van der Waals surface area contributed by atoms with Gasteiger partial charge in [0.25, 0.3) is 0 Å². The molecule has 1 N–H and O–H groups in total. The lowest BCUT2D eigenvalue weighted by Gasteiger charge is -2.27. The van der Waals surface area contributed by atoms with Crippen molar-refractivity contribution < 1.29 is 12.8 Å². The van der Waals surface area contributed by atoms with Crippen molar-refractivity contribution in [1.82, 2.24) is 9.62 Å². The van der Waals surface area contributed by atoms with Gasteiger partial charge in [0.2, 0.25) is 10.0 Å². The van der Waals surface area contributed by atoms with Crippen LogP contribution in [0.3, 0.4) is 0 Å². The first-order chi connectivity index (χ1) is 9.00. The number of benzene rings is 1. The van der Waals surface area contributed by atoms with E-state index in [-0.39, 0.29) is 4.90 Å². The topological polar surface area (TPSA) is 49.4 Å². The van der Waals surface area contributed by atoms with Crippen molar-refractivity contribution in [2.75, 3.05) is 26.7 Å². The molecule has 106 valence electrons. The molecule has 0 saturated carbocycles. The van der Waals surface area contributed by atoms with E-state index in [1.165, 1.54) is 28.6 Å². The summed E-state index contributed by atoms with van der Waals surface area (Å²) in [4.78, 5) is 0.139. The molecule has 1 aliphatic rings. The van der Waals surface area contributed by atoms with Crippen molar-refractivity contribution in [3.63, 3.8) is 0 Å². The summed E-state index contributed by atoms with van der Waals surface area (Å²) >= 11 is 0. The summed E-state index contributed by atoms with van der Waals surface area (Å²) in [6.45, 7) is 2.35. The molecule has 0 amide bonds.